The third-order valence-electron chi connectivity index (χ3n) is 3.65. The highest BCUT2D eigenvalue weighted by molar-refractivity contribution is 5.40. The van der Waals surface area contributed by atoms with Crippen molar-refractivity contribution in [2.45, 2.75) is 39.7 Å². The second-order valence-corrected chi connectivity index (χ2v) is 5.60. The van der Waals surface area contributed by atoms with E-state index >= 15 is 0 Å². The van der Waals surface area contributed by atoms with Gasteiger partial charge < -0.3 is 10.2 Å². The van der Waals surface area contributed by atoms with Crippen LogP contribution in [-0.4, -0.2) is 30.7 Å². The molecule has 2 rings (SSSR count). The second kappa shape index (κ2) is 6.19. The van der Waals surface area contributed by atoms with Crippen LogP contribution in [0, 0.1) is 12.8 Å². The van der Waals surface area contributed by atoms with Gasteiger partial charge in [0.2, 0.25) is 0 Å². The van der Waals surface area contributed by atoms with Crippen LogP contribution in [0.15, 0.2) is 18.2 Å². The largest absolute Gasteiger partial charge is 0.354 e. The first-order valence-corrected chi connectivity index (χ1v) is 7.08. The van der Waals surface area contributed by atoms with Gasteiger partial charge in [0.05, 0.1) is 0 Å². The summed E-state index contributed by atoms with van der Waals surface area (Å²) in [7, 11) is 0. The van der Waals surface area contributed by atoms with Crippen molar-refractivity contribution in [3.05, 3.63) is 23.9 Å². The van der Waals surface area contributed by atoms with E-state index in [1.54, 1.807) is 0 Å². The molecule has 1 aliphatic heterocycles. The summed E-state index contributed by atoms with van der Waals surface area (Å²) < 4.78 is 0. The van der Waals surface area contributed by atoms with Gasteiger partial charge in [-0.1, -0.05) is 6.07 Å². The first kappa shape index (κ1) is 13.3. The maximum atomic E-state index is 4.67. The Hall–Kier alpha value is -1.09. The van der Waals surface area contributed by atoms with Gasteiger partial charge in [-0.05, 0) is 64.8 Å². The number of rotatable bonds is 4. The molecule has 1 N–H and O–H groups in total. The third kappa shape index (κ3) is 3.45. The summed E-state index contributed by atoms with van der Waals surface area (Å²) in [6.07, 6.45) is 2.64. The predicted molar refractivity (Wildman–Crippen MR) is 77.0 cm³/mol. The van der Waals surface area contributed by atoms with Gasteiger partial charge in [0, 0.05) is 18.3 Å². The van der Waals surface area contributed by atoms with Gasteiger partial charge >= 0.3 is 0 Å². The number of nitrogens with zero attached hydrogens (tertiary/aromatic N) is 2. The highest BCUT2D eigenvalue weighted by Crippen LogP contribution is 2.19. The topological polar surface area (TPSA) is 28.2 Å². The van der Waals surface area contributed by atoms with Crippen molar-refractivity contribution in [3.8, 4) is 0 Å². The zero-order valence-electron chi connectivity index (χ0n) is 11.8. The molecule has 0 radical (unpaired) electrons. The van der Waals surface area contributed by atoms with Gasteiger partial charge in [0.15, 0.2) is 0 Å². The maximum Gasteiger partial charge on any atom is 0.129 e. The summed E-state index contributed by atoms with van der Waals surface area (Å²) in [5.41, 5.74) is 1.10. The molecular weight excluding hydrogens is 222 g/mol. The molecule has 0 spiro atoms. The van der Waals surface area contributed by atoms with Crippen molar-refractivity contribution in [1.29, 1.82) is 0 Å². The number of nitrogens with one attached hydrogen (secondary N) is 1. The van der Waals surface area contributed by atoms with Crippen molar-refractivity contribution in [1.82, 2.24) is 10.3 Å². The Morgan fingerprint density at radius 1 is 1.44 bits per heavy atom. The lowest BCUT2D eigenvalue weighted by molar-refractivity contribution is 0.370. The molecule has 0 aliphatic carbocycles. The summed E-state index contributed by atoms with van der Waals surface area (Å²) in [4.78, 5) is 7.10. The van der Waals surface area contributed by atoms with E-state index < -0.39 is 0 Å². The zero-order valence-corrected chi connectivity index (χ0v) is 11.8. The van der Waals surface area contributed by atoms with Crippen LogP contribution in [0.5, 0.6) is 0 Å². The van der Waals surface area contributed by atoms with Crippen LogP contribution in [0.4, 0.5) is 5.82 Å². The SMILES string of the molecule is Cc1cccc(N(CC2CCCNC2)C(C)C)n1. The standard InChI is InChI=1S/C15H25N3/c1-12(2)18(11-14-7-5-9-16-10-14)15-8-4-6-13(3)17-15/h4,6,8,12,14,16H,5,7,9-11H2,1-3H3. The fourth-order valence-electron chi connectivity index (χ4n) is 2.62. The molecule has 3 nitrogen and oxygen atoms in total. The number of pyridine rings is 1. The summed E-state index contributed by atoms with van der Waals surface area (Å²) >= 11 is 0. The highest BCUT2D eigenvalue weighted by Gasteiger charge is 2.19. The lowest BCUT2D eigenvalue weighted by atomic mass is 9.98. The molecule has 100 valence electrons. The first-order chi connectivity index (χ1) is 8.66. The Morgan fingerprint density at radius 2 is 2.28 bits per heavy atom. The number of anilines is 1. The average molecular weight is 247 g/mol. The Morgan fingerprint density at radius 3 is 2.89 bits per heavy atom. The lowest BCUT2D eigenvalue weighted by Gasteiger charge is -2.33. The van der Waals surface area contributed by atoms with E-state index in [4.69, 9.17) is 0 Å². The second-order valence-electron chi connectivity index (χ2n) is 5.60. The molecule has 0 amide bonds. The van der Waals surface area contributed by atoms with Crippen LogP contribution in [0.2, 0.25) is 0 Å². The molecule has 0 bridgehead atoms. The fraction of sp³-hybridized carbons (Fsp3) is 0.667. The lowest BCUT2D eigenvalue weighted by Crippen LogP contribution is -2.41. The Labute approximate surface area is 111 Å². The summed E-state index contributed by atoms with van der Waals surface area (Å²) in [5.74, 6) is 1.87. The van der Waals surface area contributed by atoms with Crippen molar-refractivity contribution in [2.24, 2.45) is 5.92 Å². The zero-order chi connectivity index (χ0) is 13.0. The van der Waals surface area contributed by atoms with E-state index in [0.717, 1.165) is 30.5 Å². The third-order valence-corrected chi connectivity index (χ3v) is 3.65. The molecule has 1 aromatic rings. The monoisotopic (exact) mass is 247 g/mol. The minimum Gasteiger partial charge on any atom is -0.354 e. The molecule has 18 heavy (non-hydrogen) atoms. The molecule has 3 heteroatoms. The van der Waals surface area contributed by atoms with Gasteiger partial charge in [-0.3, -0.25) is 0 Å². The van der Waals surface area contributed by atoms with Gasteiger partial charge in [-0.25, -0.2) is 4.98 Å². The van der Waals surface area contributed by atoms with E-state index in [-0.39, 0.29) is 0 Å². The summed E-state index contributed by atoms with van der Waals surface area (Å²) in [6, 6.07) is 6.79. The minimum absolute atomic E-state index is 0.501. The minimum atomic E-state index is 0.501. The molecular formula is C15H25N3. The maximum absolute atomic E-state index is 4.67. The number of hydrogen-bond donors (Lipinski definition) is 1. The number of piperidine rings is 1. The van der Waals surface area contributed by atoms with Crippen molar-refractivity contribution in [3.63, 3.8) is 0 Å². The number of aryl methyl sites for hydroxylation is 1. The van der Waals surface area contributed by atoms with Crippen LogP contribution in [0.25, 0.3) is 0 Å². The van der Waals surface area contributed by atoms with Crippen molar-refractivity contribution < 1.29 is 0 Å². The van der Waals surface area contributed by atoms with E-state index in [2.05, 4.69) is 54.2 Å². The van der Waals surface area contributed by atoms with Gasteiger partial charge in [0.1, 0.15) is 5.82 Å². The fourth-order valence-corrected chi connectivity index (χ4v) is 2.62. The Balaban J connectivity index is 2.07. The van der Waals surface area contributed by atoms with Gasteiger partial charge in [-0.2, -0.15) is 0 Å². The predicted octanol–water partition coefficient (Wildman–Crippen LogP) is 2.60. The molecule has 0 aromatic carbocycles. The van der Waals surface area contributed by atoms with Crippen LogP contribution in [-0.2, 0) is 0 Å². The van der Waals surface area contributed by atoms with E-state index in [1.165, 1.54) is 19.4 Å². The quantitative estimate of drug-likeness (QED) is 0.886. The van der Waals surface area contributed by atoms with Crippen molar-refractivity contribution >= 4 is 5.82 Å². The molecule has 1 atom stereocenters. The molecule has 1 saturated heterocycles. The number of hydrogen-bond acceptors (Lipinski definition) is 3. The van der Waals surface area contributed by atoms with Gasteiger partial charge in [0.25, 0.3) is 0 Å². The van der Waals surface area contributed by atoms with Crippen LogP contribution in [0.3, 0.4) is 0 Å². The van der Waals surface area contributed by atoms with Crippen LogP contribution in [0.1, 0.15) is 32.4 Å². The Kier molecular flexibility index (Phi) is 4.59. The van der Waals surface area contributed by atoms with Crippen LogP contribution < -0.4 is 10.2 Å². The van der Waals surface area contributed by atoms with E-state index in [9.17, 15) is 0 Å². The molecule has 1 unspecified atom stereocenters. The van der Waals surface area contributed by atoms with E-state index in [0.29, 0.717) is 6.04 Å². The summed E-state index contributed by atoms with van der Waals surface area (Å²) in [5, 5.41) is 3.49. The smallest absolute Gasteiger partial charge is 0.129 e. The molecule has 0 saturated carbocycles. The summed E-state index contributed by atoms with van der Waals surface area (Å²) in [6.45, 7) is 10.0. The normalized spacial score (nSPS) is 20.1. The molecule has 1 fully saturated rings. The van der Waals surface area contributed by atoms with Crippen LogP contribution >= 0.6 is 0 Å². The molecule has 1 aliphatic rings. The Bertz CT molecular complexity index is 370. The highest BCUT2D eigenvalue weighted by atomic mass is 15.2. The number of aromatic nitrogens is 1. The van der Waals surface area contributed by atoms with Gasteiger partial charge in [-0.15, -0.1) is 0 Å². The molecule has 2 heterocycles. The van der Waals surface area contributed by atoms with Crippen molar-refractivity contribution in [2.75, 3.05) is 24.5 Å². The average Bonchev–Trinajstić information content (AvgIpc) is 2.37. The van der Waals surface area contributed by atoms with E-state index in [1.807, 2.05) is 0 Å². The first-order valence-electron chi connectivity index (χ1n) is 7.08. The molecule has 1 aromatic heterocycles.